The zero-order chi connectivity index (χ0) is 27.1. The second kappa shape index (κ2) is 13.0. The number of hydrogen-bond donors (Lipinski definition) is 2. The van der Waals surface area contributed by atoms with Crippen molar-refractivity contribution in [2.75, 3.05) is 17.7 Å². The first-order chi connectivity index (χ1) is 18.4. The first kappa shape index (κ1) is 27.8. The van der Waals surface area contributed by atoms with Crippen LogP contribution in [-0.4, -0.2) is 44.9 Å². The van der Waals surface area contributed by atoms with Gasteiger partial charge in [0.2, 0.25) is 5.91 Å². The highest BCUT2D eigenvalue weighted by Gasteiger charge is 2.28. The van der Waals surface area contributed by atoms with Crippen LogP contribution < -0.4 is 10.6 Å². The molecule has 0 atom stereocenters. The number of amides is 2. The van der Waals surface area contributed by atoms with E-state index in [0.717, 1.165) is 42.5 Å². The van der Waals surface area contributed by atoms with Crippen LogP contribution >= 0.6 is 23.1 Å². The lowest BCUT2D eigenvalue weighted by Gasteiger charge is -2.11. The smallest absolute Gasteiger partial charge is 0.341 e. The molecule has 12 heteroatoms. The SMILES string of the molecule is CCCCn1c(CNC(=O)c2ccccc2F)nnc1SCC(=O)Nc1sc2c(c1C(=O)OCC)CCC2. The number of fused-ring (bicyclic) bond motifs is 1. The third-order valence-corrected chi connectivity index (χ3v) is 8.21. The average Bonchev–Trinajstić information content (AvgIpc) is 3.59. The maximum absolute atomic E-state index is 13.9. The number of hydrogen-bond acceptors (Lipinski definition) is 8. The first-order valence-electron chi connectivity index (χ1n) is 12.6. The van der Waals surface area contributed by atoms with Crippen LogP contribution in [0.25, 0.3) is 0 Å². The molecule has 1 aromatic carbocycles. The molecule has 0 spiro atoms. The number of rotatable bonds is 12. The largest absolute Gasteiger partial charge is 0.462 e. The van der Waals surface area contributed by atoms with Gasteiger partial charge in [-0.1, -0.05) is 37.2 Å². The zero-order valence-corrected chi connectivity index (χ0v) is 23.0. The van der Waals surface area contributed by atoms with Crippen molar-refractivity contribution < 1.29 is 23.5 Å². The van der Waals surface area contributed by atoms with Gasteiger partial charge in [-0.05, 0) is 50.3 Å². The molecule has 1 aliphatic rings. The summed E-state index contributed by atoms with van der Waals surface area (Å²) in [7, 11) is 0. The number of ether oxygens (including phenoxy) is 1. The van der Waals surface area contributed by atoms with Gasteiger partial charge in [0, 0.05) is 11.4 Å². The molecule has 0 bridgehead atoms. The molecule has 0 saturated heterocycles. The Morgan fingerprint density at radius 2 is 2.00 bits per heavy atom. The Kier molecular flexibility index (Phi) is 9.51. The van der Waals surface area contributed by atoms with E-state index in [-0.39, 0.29) is 30.4 Å². The summed E-state index contributed by atoms with van der Waals surface area (Å²) < 4.78 is 21.0. The second-order valence-corrected chi connectivity index (χ2v) is 10.7. The number of thiophene rings is 1. The van der Waals surface area contributed by atoms with Crippen molar-refractivity contribution in [3.63, 3.8) is 0 Å². The van der Waals surface area contributed by atoms with Gasteiger partial charge in [0.1, 0.15) is 10.8 Å². The molecular formula is C26H30FN5O4S2. The number of unbranched alkanes of at least 4 members (excludes halogenated alkanes) is 1. The van der Waals surface area contributed by atoms with Gasteiger partial charge in [-0.2, -0.15) is 0 Å². The maximum atomic E-state index is 13.9. The van der Waals surface area contributed by atoms with Crippen LogP contribution in [0.1, 0.15) is 70.1 Å². The molecular weight excluding hydrogens is 529 g/mol. The van der Waals surface area contributed by atoms with E-state index in [0.29, 0.717) is 28.1 Å². The van der Waals surface area contributed by atoms with Gasteiger partial charge in [-0.25, -0.2) is 9.18 Å². The van der Waals surface area contributed by atoms with Crippen molar-refractivity contribution in [2.24, 2.45) is 0 Å². The van der Waals surface area contributed by atoms with Gasteiger partial charge >= 0.3 is 5.97 Å². The quantitative estimate of drug-likeness (QED) is 0.246. The molecule has 38 heavy (non-hydrogen) atoms. The van der Waals surface area contributed by atoms with E-state index in [4.69, 9.17) is 4.74 Å². The third-order valence-electron chi connectivity index (χ3n) is 6.04. The highest BCUT2D eigenvalue weighted by molar-refractivity contribution is 7.99. The van der Waals surface area contributed by atoms with Crippen LogP contribution in [-0.2, 0) is 35.5 Å². The number of halogens is 1. The van der Waals surface area contributed by atoms with Crippen molar-refractivity contribution in [1.29, 1.82) is 0 Å². The minimum atomic E-state index is -0.596. The summed E-state index contributed by atoms with van der Waals surface area (Å²) in [6, 6.07) is 5.77. The molecule has 0 aliphatic heterocycles. The highest BCUT2D eigenvalue weighted by Crippen LogP contribution is 2.39. The summed E-state index contributed by atoms with van der Waals surface area (Å²) in [5, 5.41) is 15.1. The van der Waals surface area contributed by atoms with Crippen molar-refractivity contribution in [2.45, 2.75) is 64.2 Å². The van der Waals surface area contributed by atoms with Crippen molar-refractivity contribution in [3.8, 4) is 0 Å². The van der Waals surface area contributed by atoms with Crippen molar-refractivity contribution in [3.05, 3.63) is 57.5 Å². The minimum Gasteiger partial charge on any atom is -0.462 e. The monoisotopic (exact) mass is 559 g/mol. The summed E-state index contributed by atoms with van der Waals surface area (Å²) in [6.07, 6.45) is 4.49. The lowest BCUT2D eigenvalue weighted by atomic mass is 10.1. The van der Waals surface area contributed by atoms with Crippen LogP contribution in [0, 0.1) is 5.82 Å². The van der Waals surface area contributed by atoms with Crippen LogP contribution in [0.3, 0.4) is 0 Å². The Morgan fingerprint density at radius 3 is 2.76 bits per heavy atom. The molecule has 2 heterocycles. The van der Waals surface area contributed by atoms with Gasteiger partial charge in [0.05, 0.1) is 30.0 Å². The predicted molar refractivity (Wildman–Crippen MR) is 144 cm³/mol. The molecule has 0 radical (unpaired) electrons. The van der Waals surface area contributed by atoms with Crippen LogP contribution in [0.4, 0.5) is 9.39 Å². The van der Waals surface area contributed by atoms with Gasteiger partial charge in [0.25, 0.3) is 5.91 Å². The van der Waals surface area contributed by atoms with E-state index in [2.05, 4.69) is 27.8 Å². The second-order valence-electron chi connectivity index (χ2n) is 8.69. The molecule has 2 N–H and O–H groups in total. The summed E-state index contributed by atoms with van der Waals surface area (Å²) in [6.45, 7) is 4.77. The Labute approximate surface area is 228 Å². The van der Waals surface area contributed by atoms with E-state index in [9.17, 15) is 18.8 Å². The Balaban J connectivity index is 1.41. The number of aryl methyl sites for hydroxylation is 1. The number of nitrogens with one attached hydrogen (secondary N) is 2. The maximum Gasteiger partial charge on any atom is 0.341 e. The van der Waals surface area contributed by atoms with Crippen LogP contribution in [0.5, 0.6) is 0 Å². The van der Waals surface area contributed by atoms with Crippen LogP contribution in [0.2, 0.25) is 0 Å². The summed E-state index contributed by atoms with van der Waals surface area (Å²) in [5.74, 6) is -1.22. The molecule has 3 aromatic rings. The molecule has 202 valence electrons. The van der Waals surface area contributed by atoms with E-state index >= 15 is 0 Å². The number of aromatic nitrogens is 3. The number of anilines is 1. The minimum absolute atomic E-state index is 0.0415. The fourth-order valence-electron chi connectivity index (χ4n) is 4.20. The zero-order valence-electron chi connectivity index (χ0n) is 21.3. The Bertz CT molecular complexity index is 1320. The van der Waals surface area contributed by atoms with Gasteiger partial charge in [-0.15, -0.1) is 21.5 Å². The molecule has 9 nitrogen and oxygen atoms in total. The molecule has 0 saturated carbocycles. The summed E-state index contributed by atoms with van der Waals surface area (Å²) >= 11 is 2.66. The Hall–Kier alpha value is -3.25. The molecule has 0 fully saturated rings. The van der Waals surface area contributed by atoms with Gasteiger partial charge < -0.3 is 19.9 Å². The summed E-state index contributed by atoms with van der Waals surface area (Å²) in [4.78, 5) is 39.0. The summed E-state index contributed by atoms with van der Waals surface area (Å²) in [5.41, 5.74) is 1.42. The standard InChI is InChI=1S/C26H30FN5O4S2/c1-3-5-13-32-20(14-28-23(34)16-9-6-7-11-18(16)27)30-31-26(32)37-15-21(33)29-24-22(25(35)36-4-2)17-10-8-12-19(17)38-24/h6-7,9,11H,3-5,8,10,12-15H2,1-2H3,(H,28,34)(H,29,33). The number of thioether (sulfide) groups is 1. The lowest BCUT2D eigenvalue weighted by Crippen LogP contribution is -2.25. The number of esters is 1. The average molecular weight is 560 g/mol. The van der Waals surface area contributed by atoms with Crippen molar-refractivity contribution in [1.82, 2.24) is 20.1 Å². The fraction of sp³-hybridized carbons (Fsp3) is 0.423. The Morgan fingerprint density at radius 1 is 1.18 bits per heavy atom. The number of benzene rings is 1. The van der Waals surface area contributed by atoms with E-state index in [1.54, 1.807) is 13.0 Å². The normalized spacial score (nSPS) is 12.3. The third kappa shape index (κ3) is 6.41. The number of carbonyl (C=O) groups excluding carboxylic acids is 3. The predicted octanol–water partition coefficient (Wildman–Crippen LogP) is 4.61. The fourth-order valence-corrected chi connectivity index (χ4v) is 6.28. The number of carbonyl (C=O) groups is 3. The lowest BCUT2D eigenvalue weighted by molar-refractivity contribution is -0.113. The van der Waals surface area contributed by atoms with E-state index in [1.165, 1.54) is 41.3 Å². The topological polar surface area (TPSA) is 115 Å². The first-order valence-corrected chi connectivity index (χ1v) is 14.4. The van der Waals surface area contributed by atoms with Gasteiger partial charge in [0.15, 0.2) is 11.0 Å². The van der Waals surface area contributed by atoms with E-state index in [1.807, 2.05) is 4.57 Å². The van der Waals surface area contributed by atoms with Gasteiger partial charge in [-0.3, -0.25) is 9.59 Å². The molecule has 4 rings (SSSR count). The molecule has 2 amide bonds. The molecule has 1 aliphatic carbocycles. The van der Waals surface area contributed by atoms with Crippen molar-refractivity contribution >= 4 is 45.9 Å². The number of nitrogens with zero attached hydrogens (tertiary/aromatic N) is 3. The van der Waals surface area contributed by atoms with E-state index < -0.39 is 17.7 Å². The molecule has 0 unspecified atom stereocenters. The molecule has 2 aromatic heterocycles. The van der Waals surface area contributed by atoms with Crippen LogP contribution in [0.15, 0.2) is 29.4 Å². The highest BCUT2D eigenvalue weighted by atomic mass is 32.2.